The zero-order valence-corrected chi connectivity index (χ0v) is 13.4. The molecule has 1 aliphatic carbocycles. The van der Waals surface area contributed by atoms with Gasteiger partial charge in [-0.1, -0.05) is 32.1 Å². The topological polar surface area (TPSA) is 18.5 Å². The number of rotatable bonds is 3. The predicted molar refractivity (Wildman–Crippen MR) is 85.1 cm³/mol. The quantitative estimate of drug-likeness (QED) is 0.855. The van der Waals surface area contributed by atoms with Crippen molar-refractivity contribution < 1.29 is 0 Å². The van der Waals surface area contributed by atoms with Gasteiger partial charge in [-0.05, 0) is 45.3 Å². The Bertz CT molecular complexity index is 285. The zero-order chi connectivity index (χ0) is 13.8. The summed E-state index contributed by atoms with van der Waals surface area (Å²) in [6, 6.07) is 0. The molecule has 3 heteroatoms. The van der Waals surface area contributed by atoms with Crippen LogP contribution in [0.4, 0.5) is 0 Å². The molecule has 0 unspecified atom stereocenters. The molecule has 0 atom stereocenters. The Labute approximate surface area is 125 Å². The van der Waals surface area contributed by atoms with Gasteiger partial charge in [-0.2, -0.15) is 0 Å². The standard InChI is InChI=1S/C17H33N3/c1-19-11-7-17(8-12-19,20-13-9-18-10-14-20)15-16-5-3-2-4-6-16/h16,18H,2-15H2,1H3. The molecule has 0 aromatic heterocycles. The summed E-state index contributed by atoms with van der Waals surface area (Å²) in [5, 5.41) is 3.53. The monoisotopic (exact) mass is 279 g/mol. The number of nitrogens with zero attached hydrogens (tertiary/aromatic N) is 2. The average molecular weight is 279 g/mol. The molecule has 3 fully saturated rings. The van der Waals surface area contributed by atoms with E-state index in [4.69, 9.17) is 0 Å². The molecule has 1 N–H and O–H groups in total. The first kappa shape index (κ1) is 14.8. The van der Waals surface area contributed by atoms with Gasteiger partial charge < -0.3 is 10.2 Å². The lowest BCUT2D eigenvalue weighted by molar-refractivity contribution is -0.00295. The van der Waals surface area contributed by atoms with Gasteiger partial charge in [0.1, 0.15) is 0 Å². The summed E-state index contributed by atoms with van der Waals surface area (Å²) >= 11 is 0. The van der Waals surface area contributed by atoms with Crippen LogP contribution in [-0.2, 0) is 0 Å². The van der Waals surface area contributed by atoms with Crippen LogP contribution >= 0.6 is 0 Å². The number of likely N-dealkylation sites (tertiary alicyclic amines) is 1. The molecule has 20 heavy (non-hydrogen) atoms. The van der Waals surface area contributed by atoms with Crippen molar-refractivity contribution in [2.45, 2.75) is 56.9 Å². The molecule has 0 aromatic rings. The third-order valence-electron chi connectivity index (χ3n) is 6.10. The van der Waals surface area contributed by atoms with E-state index in [9.17, 15) is 0 Å². The lowest BCUT2D eigenvalue weighted by Crippen LogP contribution is -2.60. The molecular weight excluding hydrogens is 246 g/mol. The van der Waals surface area contributed by atoms with Gasteiger partial charge in [-0.25, -0.2) is 0 Å². The van der Waals surface area contributed by atoms with Crippen LogP contribution in [0.25, 0.3) is 0 Å². The second-order valence-electron chi connectivity index (χ2n) is 7.47. The number of hydrogen-bond donors (Lipinski definition) is 1. The number of piperidine rings is 1. The molecule has 0 spiro atoms. The van der Waals surface area contributed by atoms with Crippen LogP contribution in [0.3, 0.4) is 0 Å². The highest BCUT2D eigenvalue weighted by Crippen LogP contribution is 2.39. The minimum absolute atomic E-state index is 0.538. The third-order valence-corrected chi connectivity index (χ3v) is 6.10. The Balaban J connectivity index is 1.68. The van der Waals surface area contributed by atoms with Gasteiger partial charge in [-0.3, -0.25) is 4.90 Å². The Morgan fingerprint density at radius 2 is 1.60 bits per heavy atom. The molecule has 1 saturated carbocycles. The second kappa shape index (κ2) is 6.76. The summed E-state index contributed by atoms with van der Waals surface area (Å²) in [5.74, 6) is 1.02. The fourth-order valence-electron chi connectivity index (χ4n) is 4.75. The van der Waals surface area contributed by atoms with Crippen molar-refractivity contribution in [3.63, 3.8) is 0 Å². The maximum atomic E-state index is 3.53. The molecule has 0 aromatic carbocycles. The average Bonchev–Trinajstić information content (AvgIpc) is 2.52. The van der Waals surface area contributed by atoms with Crippen molar-refractivity contribution in [1.82, 2.24) is 15.1 Å². The van der Waals surface area contributed by atoms with Gasteiger partial charge in [0.2, 0.25) is 0 Å². The summed E-state index contributed by atoms with van der Waals surface area (Å²) in [6.07, 6.45) is 11.8. The van der Waals surface area contributed by atoms with E-state index in [0.29, 0.717) is 5.54 Å². The molecule has 2 aliphatic heterocycles. The van der Waals surface area contributed by atoms with Crippen molar-refractivity contribution in [3.8, 4) is 0 Å². The van der Waals surface area contributed by atoms with Crippen LogP contribution in [0.15, 0.2) is 0 Å². The predicted octanol–water partition coefficient (Wildman–Crippen LogP) is 2.33. The second-order valence-corrected chi connectivity index (χ2v) is 7.47. The number of nitrogens with one attached hydrogen (secondary N) is 1. The van der Waals surface area contributed by atoms with Crippen molar-refractivity contribution in [2.75, 3.05) is 46.3 Å². The van der Waals surface area contributed by atoms with E-state index in [1.807, 2.05) is 0 Å². The van der Waals surface area contributed by atoms with E-state index >= 15 is 0 Å². The normalized spacial score (nSPS) is 30.4. The van der Waals surface area contributed by atoms with Gasteiger partial charge in [0, 0.05) is 31.7 Å². The first-order chi connectivity index (χ1) is 9.78. The van der Waals surface area contributed by atoms with E-state index in [1.54, 1.807) is 0 Å². The first-order valence-electron chi connectivity index (χ1n) is 8.93. The van der Waals surface area contributed by atoms with Crippen molar-refractivity contribution in [3.05, 3.63) is 0 Å². The Morgan fingerprint density at radius 1 is 0.950 bits per heavy atom. The van der Waals surface area contributed by atoms with Crippen LogP contribution in [0, 0.1) is 5.92 Å². The minimum atomic E-state index is 0.538. The molecule has 3 nitrogen and oxygen atoms in total. The SMILES string of the molecule is CN1CCC(CC2CCCCC2)(N2CCNCC2)CC1. The summed E-state index contributed by atoms with van der Waals surface area (Å²) in [4.78, 5) is 5.40. The first-order valence-corrected chi connectivity index (χ1v) is 8.93. The van der Waals surface area contributed by atoms with Crippen molar-refractivity contribution in [1.29, 1.82) is 0 Å². The lowest BCUT2D eigenvalue weighted by Gasteiger charge is -2.51. The fraction of sp³-hybridized carbons (Fsp3) is 1.00. The Kier molecular flexibility index (Phi) is 5.00. The molecule has 2 saturated heterocycles. The van der Waals surface area contributed by atoms with E-state index in [2.05, 4.69) is 22.2 Å². The van der Waals surface area contributed by atoms with Gasteiger partial charge in [0.25, 0.3) is 0 Å². The molecule has 0 radical (unpaired) electrons. The van der Waals surface area contributed by atoms with Gasteiger partial charge in [-0.15, -0.1) is 0 Å². The summed E-state index contributed by atoms with van der Waals surface area (Å²) in [6.45, 7) is 7.55. The van der Waals surface area contributed by atoms with Gasteiger partial charge >= 0.3 is 0 Å². The smallest absolute Gasteiger partial charge is 0.0237 e. The highest BCUT2D eigenvalue weighted by atomic mass is 15.3. The van der Waals surface area contributed by atoms with Crippen LogP contribution in [0.1, 0.15) is 51.4 Å². The third kappa shape index (κ3) is 3.37. The van der Waals surface area contributed by atoms with Crippen molar-refractivity contribution >= 4 is 0 Å². The van der Waals surface area contributed by atoms with Crippen LogP contribution in [-0.4, -0.2) is 61.7 Å². The number of piperazine rings is 1. The maximum absolute atomic E-state index is 3.53. The lowest BCUT2D eigenvalue weighted by atomic mass is 9.74. The zero-order valence-electron chi connectivity index (χ0n) is 13.4. The minimum Gasteiger partial charge on any atom is -0.314 e. The summed E-state index contributed by atoms with van der Waals surface area (Å²) in [7, 11) is 2.29. The summed E-state index contributed by atoms with van der Waals surface area (Å²) < 4.78 is 0. The highest BCUT2D eigenvalue weighted by Gasteiger charge is 2.41. The Morgan fingerprint density at radius 3 is 2.25 bits per heavy atom. The largest absolute Gasteiger partial charge is 0.314 e. The summed E-state index contributed by atoms with van der Waals surface area (Å²) in [5.41, 5.74) is 0.538. The van der Waals surface area contributed by atoms with E-state index in [-0.39, 0.29) is 0 Å². The molecular formula is C17H33N3. The van der Waals surface area contributed by atoms with Gasteiger partial charge in [0.05, 0.1) is 0 Å². The molecule has 0 bridgehead atoms. The van der Waals surface area contributed by atoms with Crippen LogP contribution < -0.4 is 5.32 Å². The van der Waals surface area contributed by atoms with E-state index in [1.165, 1.54) is 90.6 Å². The fourth-order valence-corrected chi connectivity index (χ4v) is 4.75. The van der Waals surface area contributed by atoms with E-state index < -0.39 is 0 Å². The molecule has 3 aliphatic rings. The molecule has 3 rings (SSSR count). The Hall–Kier alpha value is -0.120. The van der Waals surface area contributed by atoms with Crippen LogP contribution in [0.5, 0.6) is 0 Å². The van der Waals surface area contributed by atoms with Crippen molar-refractivity contribution in [2.24, 2.45) is 5.92 Å². The maximum Gasteiger partial charge on any atom is 0.0237 e. The van der Waals surface area contributed by atoms with Gasteiger partial charge in [0.15, 0.2) is 0 Å². The molecule has 2 heterocycles. The number of hydrogen-bond acceptors (Lipinski definition) is 3. The van der Waals surface area contributed by atoms with E-state index in [0.717, 1.165) is 5.92 Å². The molecule has 0 amide bonds. The van der Waals surface area contributed by atoms with Crippen LogP contribution in [0.2, 0.25) is 0 Å². The molecule has 116 valence electrons. The highest BCUT2D eigenvalue weighted by molar-refractivity contribution is 4.98.